The molecule has 2 aromatic carbocycles. The topological polar surface area (TPSA) is 80.6 Å². The van der Waals surface area contributed by atoms with E-state index >= 15 is 0 Å². The molecule has 0 aliphatic carbocycles. The first kappa shape index (κ1) is 21.0. The van der Waals surface area contributed by atoms with Gasteiger partial charge in [0.2, 0.25) is 0 Å². The zero-order valence-corrected chi connectivity index (χ0v) is 16.9. The third-order valence-corrected chi connectivity index (χ3v) is 4.83. The summed E-state index contributed by atoms with van der Waals surface area (Å²) in [6, 6.07) is 17.8. The number of nitrogens with one attached hydrogen (secondary N) is 2. The Bertz CT molecular complexity index is 715. The fraction of sp³-hybridized carbons (Fsp3) is 0.350. The Morgan fingerprint density at radius 2 is 1.44 bits per heavy atom. The summed E-state index contributed by atoms with van der Waals surface area (Å²) >= 11 is 0. The van der Waals surface area contributed by atoms with Crippen molar-refractivity contribution in [2.75, 3.05) is 19.4 Å². The van der Waals surface area contributed by atoms with E-state index in [1.165, 1.54) is 0 Å². The number of benzene rings is 2. The summed E-state index contributed by atoms with van der Waals surface area (Å²) < 4.78 is 30.0. The maximum Gasteiger partial charge on any atom is 0.444 e. The average molecular weight is 390 g/mol. The fourth-order valence-electron chi connectivity index (χ4n) is 2.03. The minimum Gasteiger partial charge on any atom is -0.480 e. The van der Waals surface area contributed by atoms with Crippen LogP contribution in [0.4, 0.5) is 0 Å². The lowest BCUT2D eigenvalue weighted by Gasteiger charge is -2.21. The van der Waals surface area contributed by atoms with Gasteiger partial charge in [-0.25, -0.2) is 4.57 Å². The van der Waals surface area contributed by atoms with Crippen molar-refractivity contribution < 1.29 is 18.3 Å². The largest absolute Gasteiger partial charge is 0.480 e. The van der Waals surface area contributed by atoms with Crippen molar-refractivity contribution in [2.45, 2.75) is 20.8 Å². The van der Waals surface area contributed by atoms with Crippen molar-refractivity contribution in [1.29, 1.82) is 5.41 Å². The minimum absolute atomic E-state index is 0.0333. The highest BCUT2D eigenvalue weighted by atomic mass is 31.2. The number of hydrogen-bond donors (Lipinski definition) is 2. The molecule has 6 nitrogen and oxygen atoms in total. The molecule has 0 aliphatic rings. The molecule has 2 aromatic rings. The Morgan fingerprint density at radius 1 is 0.963 bits per heavy atom. The Labute approximate surface area is 160 Å². The van der Waals surface area contributed by atoms with E-state index in [0.29, 0.717) is 18.1 Å². The average Bonchev–Trinajstić information content (AvgIpc) is 2.61. The van der Waals surface area contributed by atoms with E-state index in [9.17, 15) is 4.57 Å². The highest BCUT2D eigenvalue weighted by Gasteiger charge is 2.28. The maximum absolute atomic E-state index is 13.2. The zero-order valence-electron chi connectivity index (χ0n) is 16.0. The van der Waals surface area contributed by atoms with Crippen LogP contribution in [0.15, 0.2) is 60.7 Å². The lowest BCUT2D eigenvalue weighted by atomic mass is 9.99. The predicted molar refractivity (Wildman–Crippen MR) is 108 cm³/mol. The molecule has 146 valence electrons. The van der Waals surface area contributed by atoms with Crippen molar-refractivity contribution in [2.24, 2.45) is 5.41 Å². The molecule has 0 amide bonds. The van der Waals surface area contributed by atoms with Crippen LogP contribution < -0.4 is 14.4 Å². The molecule has 2 N–H and O–H groups in total. The van der Waals surface area contributed by atoms with Crippen LogP contribution in [0.2, 0.25) is 0 Å². The van der Waals surface area contributed by atoms with Crippen molar-refractivity contribution >= 4 is 13.5 Å². The molecule has 0 aromatic heterocycles. The Balaban J connectivity index is 1.97. The standard InChI is InChI=1S/C20H27N2O4P/c1-20(2,3)15-24-19(21)14-22-16-27(23,25-17-10-6-4-7-11-17)26-18-12-8-5-9-13-18/h4-13,21-22H,14-16H2,1-3H3. The van der Waals surface area contributed by atoms with Gasteiger partial charge in [-0.3, -0.25) is 10.7 Å². The van der Waals surface area contributed by atoms with E-state index in [-0.39, 0.29) is 24.1 Å². The second-order valence-corrected chi connectivity index (χ2v) is 9.18. The summed E-state index contributed by atoms with van der Waals surface area (Å²) in [5.41, 5.74) is -0.0333. The summed E-state index contributed by atoms with van der Waals surface area (Å²) in [4.78, 5) is 0. The van der Waals surface area contributed by atoms with Crippen LogP contribution in [-0.4, -0.2) is 25.3 Å². The van der Waals surface area contributed by atoms with Crippen molar-refractivity contribution in [3.8, 4) is 11.5 Å². The molecular weight excluding hydrogens is 363 g/mol. The van der Waals surface area contributed by atoms with Gasteiger partial charge in [-0.1, -0.05) is 57.2 Å². The molecular formula is C20H27N2O4P. The molecule has 0 unspecified atom stereocenters. The lowest BCUT2D eigenvalue weighted by Crippen LogP contribution is -2.29. The number of hydrogen-bond acceptors (Lipinski definition) is 6. The molecule has 7 heteroatoms. The summed E-state index contributed by atoms with van der Waals surface area (Å²) in [5, 5.41) is 10.8. The summed E-state index contributed by atoms with van der Waals surface area (Å²) in [6.45, 7) is 6.67. The third kappa shape index (κ3) is 8.29. The van der Waals surface area contributed by atoms with Crippen LogP contribution in [0.3, 0.4) is 0 Å². The molecule has 0 heterocycles. The van der Waals surface area contributed by atoms with E-state index in [1.807, 2.05) is 32.9 Å². The van der Waals surface area contributed by atoms with Gasteiger partial charge in [-0.05, 0) is 29.7 Å². The predicted octanol–water partition coefficient (Wildman–Crippen LogP) is 4.92. The molecule has 0 saturated heterocycles. The van der Waals surface area contributed by atoms with Crippen LogP contribution in [0, 0.1) is 10.8 Å². The second-order valence-electron chi connectivity index (χ2n) is 7.28. The molecule has 0 radical (unpaired) electrons. The van der Waals surface area contributed by atoms with Gasteiger partial charge >= 0.3 is 7.60 Å². The third-order valence-electron chi connectivity index (χ3n) is 3.25. The van der Waals surface area contributed by atoms with Crippen LogP contribution in [-0.2, 0) is 9.30 Å². The van der Waals surface area contributed by atoms with E-state index in [1.54, 1.807) is 48.5 Å². The fourth-order valence-corrected chi connectivity index (χ4v) is 3.47. The monoisotopic (exact) mass is 390 g/mol. The maximum atomic E-state index is 13.2. The number of para-hydroxylation sites is 2. The number of rotatable bonds is 9. The molecule has 0 atom stereocenters. The molecule has 0 saturated carbocycles. The summed E-state index contributed by atoms with van der Waals surface area (Å²) in [5.74, 6) is 0.992. The van der Waals surface area contributed by atoms with Crippen LogP contribution in [0.1, 0.15) is 20.8 Å². The smallest absolute Gasteiger partial charge is 0.444 e. The van der Waals surface area contributed by atoms with Gasteiger partial charge in [0.1, 0.15) is 17.8 Å². The van der Waals surface area contributed by atoms with Gasteiger partial charge in [0.05, 0.1) is 13.2 Å². The van der Waals surface area contributed by atoms with Crippen molar-refractivity contribution in [1.82, 2.24) is 5.32 Å². The Hall–Kier alpha value is -2.30. The van der Waals surface area contributed by atoms with Crippen molar-refractivity contribution in [3.63, 3.8) is 0 Å². The SMILES string of the molecule is CC(C)(C)COC(=N)CNCP(=O)(Oc1ccccc1)Oc1ccccc1. The Kier molecular flexibility index (Phi) is 7.45. The number of ether oxygens (including phenoxy) is 1. The molecule has 0 fully saturated rings. The highest BCUT2D eigenvalue weighted by Crippen LogP contribution is 2.47. The zero-order chi connectivity index (χ0) is 19.8. The van der Waals surface area contributed by atoms with Crippen LogP contribution in [0.5, 0.6) is 11.5 Å². The van der Waals surface area contributed by atoms with Crippen LogP contribution in [0.25, 0.3) is 0 Å². The summed E-state index contributed by atoms with van der Waals surface area (Å²) in [7, 11) is -3.53. The quantitative estimate of drug-likeness (QED) is 0.361. The van der Waals surface area contributed by atoms with Crippen LogP contribution >= 0.6 is 7.60 Å². The van der Waals surface area contributed by atoms with E-state index in [4.69, 9.17) is 19.2 Å². The first-order valence-electron chi connectivity index (χ1n) is 8.75. The van der Waals surface area contributed by atoms with Gasteiger partial charge in [-0.2, -0.15) is 0 Å². The minimum atomic E-state index is -3.53. The molecule has 0 aliphatic heterocycles. The Morgan fingerprint density at radius 3 is 1.89 bits per heavy atom. The summed E-state index contributed by atoms with van der Waals surface area (Å²) in [6.07, 6.45) is -0.0575. The van der Waals surface area contributed by atoms with Gasteiger partial charge in [0.15, 0.2) is 5.90 Å². The molecule has 2 rings (SSSR count). The van der Waals surface area contributed by atoms with Crippen molar-refractivity contribution in [3.05, 3.63) is 60.7 Å². The first-order chi connectivity index (χ1) is 12.8. The molecule has 27 heavy (non-hydrogen) atoms. The van der Waals surface area contributed by atoms with Gasteiger partial charge in [-0.15, -0.1) is 0 Å². The van der Waals surface area contributed by atoms with E-state index in [2.05, 4.69) is 5.32 Å². The molecule has 0 spiro atoms. The second kappa shape index (κ2) is 9.58. The van der Waals surface area contributed by atoms with E-state index in [0.717, 1.165) is 0 Å². The lowest BCUT2D eigenvalue weighted by molar-refractivity contribution is 0.182. The first-order valence-corrected chi connectivity index (χ1v) is 10.5. The van der Waals surface area contributed by atoms with E-state index < -0.39 is 7.60 Å². The normalized spacial score (nSPS) is 11.7. The van der Waals surface area contributed by atoms with Gasteiger partial charge < -0.3 is 13.8 Å². The highest BCUT2D eigenvalue weighted by molar-refractivity contribution is 7.54. The van der Waals surface area contributed by atoms with Gasteiger partial charge in [0.25, 0.3) is 0 Å². The van der Waals surface area contributed by atoms with Gasteiger partial charge in [0, 0.05) is 0 Å². The molecule has 0 bridgehead atoms.